The highest BCUT2D eigenvalue weighted by molar-refractivity contribution is 5.59. The van der Waals surface area contributed by atoms with Crippen molar-refractivity contribution < 1.29 is 4.74 Å². The largest absolute Gasteiger partial charge is 0.495 e. The molecule has 2 rings (SSSR count). The molecule has 1 N–H and O–H groups in total. The molecule has 0 fully saturated rings. The highest BCUT2D eigenvalue weighted by Gasteiger charge is 2.10. The van der Waals surface area contributed by atoms with E-state index in [0.29, 0.717) is 0 Å². The molecule has 1 atom stereocenters. The van der Waals surface area contributed by atoms with Crippen LogP contribution in [0.4, 0.5) is 5.69 Å². The van der Waals surface area contributed by atoms with Gasteiger partial charge in [-0.1, -0.05) is 36.4 Å². The van der Waals surface area contributed by atoms with E-state index in [1.54, 1.807) is 7.11 Å². The number of ether oxygens (including phenoxy) is 1. The van der Waals surface area contributed by atoms with Crippen molar-refractivity contribution in [2.75, 3.05) is 26.5 Å². The Labute approximate surface area is 127 Å². The van der Waals surface area contributed by atoms with E-state index in [9.17, 15) is 0 Å². The molecule has 1 unspecified atom stereocenters. The topological polar surface area (TPSA) is 24.5 Å². The van der Waals surface area contributed by atoms with Gasteiger partial charge in [-0.05, 0) is 44.3 Å². The maximum atomic E-state index is 5.47. The first-order valence-electron chi connectivity index (χ1n) is 7.23. The first-order chi connectivity index (χ1) is 10.1. The Bertz CT molecular complexity index is 567. The molecule has 0 saturated heterocycles. The fourth-order valence-corrected chi connectivity index (χ4v) is 2.39. The molecule has 0 saturated carbocycles. The Morgan fingerprint density at radius 3 is 2.43 bits per heavy atom. The van der Waals surface area contributed by atoms with Crippen LogP contribution in [0.2, 0.25) is 0 Å². The zero-order chi connectivity index (χ0) is 15.2. The molecule has 0 radical (unpaired) electrons. The molecule has 0 heterocycles. The highest BCUT2D eigenvalue weighted by atomic mass is 16.5. The smallest absolute Gasteiger partial charge is 0.141 e. The molecule has 0 amide bonds. The number of nitrogens with one attached hydrogen (secondary N) is 1. The fourth-order valence-electron chi connectivity index (χ4n) is 2.39. The van der Waals surface area contributed by atoms with Crippen molar-refractivity contribution in [3.05, 3.63) is 59.7 Å². The van der Waals surface area contributed by atoms with E-state index in [4.69, 9.17) is 4.74 Å². The van der Waals surface area contributed by atoms with Gasteiger partial charge in [0.2, 0.25) is 0 Å². The van der Waals surface area contributed by atoms with Crippen molar-refractivity contribution in [3.8, 4) is 5.75 Å². The minimum atomic E-state index is 0.231. The van der Waals surface area contributed by atoms with Gasteiger partial charge in [0, 0.05) is 12.6 Å². The number of hydrogen-bond donors (Lipinski definition) is 1. The van der Waals surface area contributed by atoms with Crippen LogP contribution in [0.1, 0.15) is 24.1 Å². The SMILES string of the molecule is COc1ccc(CN(C)C)cc1NC(C)c1ccccc1. The summed E-state index contributed by atoms with van der Waals surface area (Å²) in [4.78, 5) is 2.16. The minimum Gasteiger partial charge on any atom is -0.495 e. The molecule has 112 valence electrons. The van der Waals surface area contributed by atoms with Crippen molar-refractivity contribution >= 4 is 5.69 Å². The Balaban J connectivity index is 2.21. The summed E-state index contributed by atoms with van der Waals surface area (Å²) in [5.41, 5.74) is 3.56. The van der Waals surface area contributed by atoms with Crippen LogP contribution >= 0.6 is 0 Å². The molecule has 2 aromatic carbocycles. The van der Waals surface area contributed by atoms with Gasteiger partial charge in [-0.15, -0.1) is 0 Å². The molecule has 0 aromatic heterocycles. The predicted molar refractivity (Wildman–Crippen MR) is 88.9 cm³/mol. The van der Waals surface area contributed by atoms with Gasteiger partial charge in [0.05, 0.1) is 12.8 Å². The third-order valence-corrected chi connectivity index (χ3v) is 3.43. The number of hydrogen-bond acceptors (Lipinski definition) is 3. The summed E-state index contributed by atoms with van der Waals surface area (Å²) in [6.45, 7) is 3.08. The molecular weight excluding hydrogens is 260 g/mol. The lowest BCUT2D eigenvalue weighted by Crippen LogP contribution is -2.12. The maximum absolute atomic E-state index is 5.47. The van der Waals surface area contributed by atoms with Gasteiger partial charge < -0.3 is 15.0 Å². The molecule has 3 heteroatoms. The van der Waals surface area contributed by atoms with Crippen LogP contribution in [-0.4, -0.2) is 26.1 Å². The Morgan fingerprint density at radius 1 is 1.10 bits per heavy atom. The third-order valence-electron chi connectivity index (χ3n) is 3.43. The Kier molecular flexibility index (Phi) is 5.23. The van der Waals surface area contributed by atoms with Crippen molar-refractivity contribution in [2.45, 2.75) is 19.5 Å². The molecule has 0 aliphatic heterocycles. The van der Waals surface area contributed by atoms with Crippen molar-refractivity contribution in [1.82, 2.24) is 4.90 Å². The van der Waals surface area contributed by atoms with Gasteiger partial charge in [-0.25, -0.2) is 0 Å². The van der Waals surface area contributed by atoms with Crippen molar-refractivity contribution in [3.63, 3.8) is 0 Å². The average molecular weight is 284 g/mol. The van der Waals surface area contributed by atoms with Crippen LogP contribution in [0.25, 0.3) is 0 Å². The van der Waals surface area contributed by atoms with Gasteiger partial charge in [0.1, 0.15) is 5.75 Å². The second-order valence-electron chi connectivity index (χ2n) is 5.55. The van der Waals surface area contributed by atoms with Crippen LogP contribution in [0.5, 0.6) is 5.75 Å². The lowest BCUT2D eigenvalue weighted by atomic mass is 10.1. The Morgan fingerprint density at radius 2 is 1.81 bits per heavy atom. The summed E-state index contributed by atoms with van der Waals surface area (Å²) in [7, 11) is 5.85. The van der Waals surface area contributed by atoms with E-state index in [-0.39, 0.29) is 6.04 Å². The van der Waals surface area contributed by atoms with E-state index >= 15 is 0 Å². The standard InChI is InChI=1S/C18H24N2O/c1-14(16-8-6-5-7-9-16)19-17-12-15(13-20(2)3)10-11-18(17)21-4/h5-12,14,19H,13H2,1-4H3. The van der Waals surface area contributed by atoms with E-state index in [0.717, 1.165) is 18.0 Å². The second-order valence-corrected chi connectivity index (χ2v) is 5.55. The summed E-state index contributed by atoms with van der Waals surface area (Å²) >= 11 is 0. The second kappa shape index (κ2) is 7.14. The third kappa shape index (κ3) is 4.23. The van der Waals surface area contributed by atoms with Crippen LogP contribution in [0, 0.1) is 0 Å². The highest BCUT2D eigenvalue weighted by Crippen LogP contribution is 2.29. The summed E-state index contributed by atoms with van der Waals surface area (Å²) < 4.78 is 5.47. The molecule has 0 aliphatic rings. The molecule has 21 heavy (non-hydrogen) atoms. The monoisotopic (exact) mass is 284 g/mol. The number of benzene rings is 2. The van der Waals surface area contributed by atoms with E-state index < -0.39 is 0 Å². The molecule has 0 spiro atoms. The number of nitrogens with zero attached hydrogens (tertiary/aromatic N) is 1. The first-order valence-corrected chi connectivity index (χ1v) is 7.23. The summed E-state index contributed by atoms with van der Waals surface area (Å²) in [6.07, 6.45) is 0. The normalized spacial score (nSPS) is 12.2. The zero-order valence-electron chi connectivity index (χ0n) is 13.3. The summed E-state index contributed by atoms with van der Waals surface area (Å²) in [6, 6.07) is 17.0. The molecule has 0 aliphatic carbocycles. The van der Waals surface area contributed by atoms with Gasteiger partial charge in [-0.2, -0.15) is 0 Å². The lowest BCUT2D eigenvalue weighted by molar-refractivity contribution is 0.400. The fraction of sp³-hybridized carbons (Fsp3) is 0.333. The van der Waals surface area contributed by atoms with Gasteiger partial charge in [0.15, 0.2) is 0 Å². The predicted octanol–water partition coefficient (Wildman–Crippen LogP) is 3.93. The van der Waals surface area contributed by atoms with E-state index in [1.807, 2.05) is 12.1 Å². The van der Waals surface area contributed by atoms with Crippen molar-refractivity contribution in [2.24, 2.45) is 0 Å². The van der Waals surface area contributed by atoms with Crippen LogP contribution in [-0.2, 0) is 6.54 Å². The van der Waals surface area contributed by atoms with Gasteiger partial charge in [0.25, 0.3) is 0 Å². The van der Waals surface area contributed by atoms with Gasteiger partial charge in [-0.3, -0.25) is 0 Å². The minimum absolute atomic E-state index is 0.231. The average Bonchev–Trinajstić information content (AvgIpc) is 2.48. The zero-order valence-corrected chi connectivity index (χ0v) is 13.3. The summed E-state index contributed by atoms with van der Waals surface area (Å²) in [5.74, 6) is 0.875. The number of rotatable bonds is 6. The molecule has 2 aromatic rings. The first kappa shape index (κ1) is 15.4. The van der Waals surface area contributed by atoms with Crippen LogP contribution in [0.3, 0.4) is 0 Å². The Hall–Kier alpha value is -2.00. The lowest BCUT2D eigenvalue weighted by Gasteiger charge is -2.19. The van der Waals surface area contributed by atoms with Gasteiger partial charge >= 0.3 is 0 Å². The van der Waals surface area contributed by atoms with Crippen LogP contribution < -0.4 is 10.1 Å². The van der Waals surface area contributed by atoms with Crippen LogP contribution in [0.15, 0.2) is 48.5 Å². The summed E-state index contributed by atoms with van der Waals surface area (Å²) in [5, 5.41) is 3.55. The number of anilines is 1. The quantitative estimate of drug-likeness (QED) is 0.870. The molecule has 3 nitrogen and oxygen atoms in total. The molecule has 0 bridgehead atoms. The van der Waals surface area contributed by atoms with Crippen molar-refractivity contribution in [1.29, 1.82) is 0 Å². The molecular formula is C18H24N2O. The van der Waals surface area contributed by atoms with E-state index in [2.05, 4.69) is 67.6 Å². The number of methoxy groups -OCH3 is 1. The van der Waals surface area contributed by atoms with E-state index in [1.165, 1.54) is 11.1 Å². The maximum Gasteiger partial charge on any atom is 0.141 e.